The van der Waals surface area contributed by atoms with Crippen molar-refractivity contribution in [1.82, 2.24) is 10.3 Å². The Morgan fingerprint density at radius 2 is 1.95 bits per heavy atom. The molecule has 1 aromatic heterocycles. The van der Waals surface area contributed by atoms with E-state index in [1.807, 2.05) is 0 Å². The third kappa shape index (κ3) is 4.59. The number of carbonyl (C=O) groups excluding carboxylic acids is 1. The highest BCUT2D eigenvalue weighted by Crippen LogP contribution is 2.28. The summed E-state index contributed by atoms with van der Waals surface area (Å²) in [6.45, 7) is 0.163. The van der Waals surface area contributed by atoms with Crippen molar-refractivity contribution in [2.45, 2.75) is 37.9 Å². The summed E-state index contributed by atoms with van der Waals surface area (Å²) in [6, 6.07) is 1.54. The molecule has 2 amide bonds. The maximum atomic E-state index is 12.4. The zero-order valence-corrected chi connectivity index (χ0v) is 11.9. The van der Waals surface area contributed by atoms with Crippen molar-refractivity contribution in [3.05, 3.63) is 24.0 Å². The van der Waals surface area contributed by atoms with E-state index < -0.39 is 17.9 Å². The van der Waals surface area contributed by atoms with Gasteiger partial charge in [0.1, 0.15) is 5.69 Å². The quantitative estimate of drug-likeness (QED) is 0.802. The number of hydrogen-bond acceptors (Lipinski definition) is 3. The molecular formula is C14H18F3N3O2. The summed E-state index contributed by atoms with van der Waals surface area (Å²) in [6.07, 6.45) is -0.252. The van der Waals surface area contributed by atoms with Crippen molar-refractivity contribution < 1.29 is 23.1 Å². The van der Waals surface area contributed by atoms with Crippen molar-refractivity contribution in [3.8, 4) is 0 Å². The minimum absolute atomic E-state index is 0.0187. The predicted octanol–water partition coefficient (Wildman–Crippen LogP) is 2.77. The Balaban J connectivity index is 1.82. The number of anilines is 1. The number of alkyl halides is 3. The van der Waals surface area contributed by atoms with Crippen molar-refractivity contribution in [2.24, 2.45) is 5.92 Å². The predicted molar refractivity (Wildman–Crippen MR) is 74.2 cm³/mol. The zero-order chi connectivity index (χ0) is 16.2. The van der Waals surface area contributed by atoms with Gasteiger partial charge in [-0.25, -0.2) is 9.78 Å². The number of nitrogens with zero attached hydrogens (tertiary/aromatic N) is 1. The van der Waals surface area contributed by atoms with Crippen LogP contribution < -0.4 is 10.6 Å². The molecular weight excluding hydrogens is 299 g/mol. The molecule has 5 nitrogen and oxygen atoms in total. The summed E-state index contributed by atoms with van der Waals surface area (Å²) in [4.78, 5) is 15.1. The van der Waals surface area contributed by atoms with E-state index in [9.17, 15) is 18.0 Å². The van der Waals surface area contributed by atoms with Crippen LogP contribution in [0.2, 0.25) is 0 Å². The fraction of sp³-hybridized carbons (Fsp3) is 0.571. The largest absolute Gasteiger partial charge is 0.433 e. The van der Waals surface area contributed by atoms with Gasteiger partial charge in [0.25, 0.3) is 0 Å². The summed E-state index contributed by atoms with van der Waals surface area (Å²) in [5, 5.41) is 14.3. The number of rotatable bonds is 3. The number of pyridine rings is 1. The molecule has 0 atom stereocenters. The van der Waals surface area contributed by atoms with E-state index in [0.717, 1.165) is 44.0 Å². The summed E-state index contributed by atoms with van der Waals surface area (Å²) < 4.78 is 37.1. The van der Waals surface area contributed by atoms with Gasteiger partial charge in [0.2, 0.25) is 0 Å². The van der Waals surface area contributed by atoms with Crippen LogP contribution in [0.25, 0.3) is 0 Å². The van der Waals surface area contributed by atoms with E-state index in [1.54, 1.807) is 0 Å². The molecule has 0 unspecified atom stereocenters. The number of urea groups is 1. The van der Waals surface area contributed by atoms with Crippen molar-refractivity contribution in [2.75, 3.05) is 11.9 Å². The van der Waals surface area contributed by atoms with Crippen LogP contribution in [0.5, 0.6) is 0 Å². The highest BCUT2D eigenvalue weighted by molar-refractivity contribution is 5.89. The fourth-order valence-electron chi connectivity index (χ4n) is 2.48. The first-order valence-corrected chi connectivity index (χ1v) is 7.10. The van der Waals surface area contributed by atoms with Gasteiger partial charge in [0.15, 0.2) is 0 Å². The van der Waals surface area contributed by atoms with Crippen LogP contribution >= 0.6 is 0 Å². The molecule has 0 aliphatic heterocycles. The van der Waals surface area contributed by atoms with Crippen LogP contribution in [0.4, 0.5) is 23.7 Å². The first kappa shape index (κ1) is 16.5. The average molecular weight is 317 g/mol. The van der Waals surface area contributed by atoms with Gasteiger partial charge in [0, 0.05) is 12.6 Å². The monoisotopic (exact) mass is 317 g/mol. The van der Waals surface area contributed by atoms with Crippen LogP contribution in [0.3, 0.4) is 0 Å². The molecule has 3 N–H and O–H groups in total. The standard InChI is InChI=1S/C14H18F3N3O2/c15-14(16,17)12-6-5-11(7-18-12)20-13(22)19-10-3-1-9(8-21)2-4-10/h5-7,9-10,21H,1-4,8H2,(H2,19,20,22). The lowest BCUT2D eigenvalue weighted by Gasteiger charge is -2.27. The Morgan fingerprint density at radius 3 is 2.45 bits per heavy atom. The molecule has 0 saturated heterocycles. The third-order valence-electron chi connectivity index (χ3n) is 3.75. The van der Waals surface area contributed by atoms with Gasteiger partial charge < -0.3 is 15.7 Å². The molecule has 8 heteroatoms. The van der Waals surface area contributed by atoms with E-state index in [4.69, 9.17) is 5.11 Å². The third-order valence-corrected chi connectivity index (χ3v) is 3.75. The van der Waals surface area contributed by atoms with Crippen molar-refractivity contribution in [3.63, 3.8) is 0 Å². The minimum Gasteiger partial charge on any atom is -0.396 e. The number of aromatic nitrogens is 1. The summed E-state index contributed by atoms with van der Waals surface area (Å²) in [5.74, 6) is 0.292. The van der Waals surface area contributed by atoms with Gasteiger partial charge in [-0.3, -0.25) is 0 Å². The molecule has 0 radical (unpaired) electrons. The maximum Gasteiger partial charge on any atom is 0.433 e. The molecule has 2 rings (SSSR count). The molecule has 1 fully saturated rings. The molecule has 122 valence electrons. The highest BCUT2D eigenvalue weighted by atomic mass is 19.4. The maximum absolute atomic E-state index is 12.4. The van der Waals surface area contributed by atoms with E-state index in [2.05, 4.69) is 15.6 Å². The number of hydrogen-bond donors (Lipinski definition) is 3. The number of halogens is 3. The van der Waals surface area contributed by atoms with Crippen LogP contribution in [-0.2, 0) is 6.18 Å². The van der Waals surface area contributed by atoms with Gasteiger partial charge in [-0.15, -0.1) is 0 Å². The second kappa shape index (κ2) is 6.95. The van der Waals surface area contributed by atoms with E-state index in [0.29, 0.717) is 5.92 Å². The lowest BCUT2D eigenvalue weighted by Crippen LogP contribution is -2.40. The molecule has 22 heavy (non-hydrogen) atoms. The highest BCUT2D eigenvalue weighted by Gasteiger charge is 2.32. The van der Waals surface area contributed by atoms with Gasteiger partial charge in [0.05, 0.1) is 11.9 Å². The first-order chi connectivity index (χ1) is 10.4. The topological polar surface area (TPSA) is 74.2 Å². The molecule has 1 aliphatic rings. The van der Waals surface area contributed by atoms with Gasteiger partial charge in [-0.2, -0.15) is 13.2 Å². The van der Waals surface area contributed by atoms with Crippen LogP contribution in [0, 0.1) is 5.92 Å². The Hall–Kier alpha value is -1.83. The fourth-order valence-corrected chi connectivity index (χ4v) is 2.48. The molecule has 1 aromatic rings. The Bertz CT molecular complexity index is 497. The van der Waals surface area contributed by atoms with E-state index >= 15 is 0 Å². The normalized spacial score (nSPS) is 22.2. The molecule has 0 spiro atoms. The SMILES string of the molecule is O=C(Nc1ccc(C(F)(F)F)nc1)NC1CCC(CO)CC1. The lowest BCUT2D eigenvalue weighted by molar-refractivity contribution is -0.141. The van der Waals surface area contributed by atoms with E-state index in [1.165, 1.54) is 0 Å². The van der Waals surface area contributed by atoms with Crippen LogP contribution in [0.15, 0.2) is 18.3 Å². The van der Waals surface area contributed by atoms with Crippen molar-refractivity contribution >= 4 is 11.7 Å². The van der Waals surface area contributed by atoms with Gasteiger partial charge in [-0.05, 0) is 43.7 Å². The van der Waals surface area contributed by atoms with Crippen molar-refractivity contribution in [1.29, 1.82) is 0 Å². The Labute approximate surface area is 125 Å². The first-order valence-electron chi connectivity index (χ1n) is 7.10. The lowest BCUT2D eigenvalue weighted by atomic mass is 9.87. The average Bonchev–Trinajstić information content (AvgIpc) is 2.47. The van der Waals surface area contributed by atoms with E-state index in [-0.39, 0.29) is 18.3 Å². The summed E-state index contributed by atoms with van der Waals surface area (Å²) >= 11 is 0. The number of aliphatic hydroxyl groups is 1. The number of aliphatic hydroxyl groups excluding tert-OH is 1. The molecule has 1 heterocycles. The van der Waals surface area contributed by atoms with Crippen LogP contribution in [-0.4, -0.2) is 28.8 Å². The molecule has 1 saturated carbocycles. The van der Waals surface area contributed by atoms with Gasteiger partial charge >= 0.3 is 12.2 Å². The molecule has 0 bridgehead atoms. The Morgan fingerprint density at radius 1 is 1.27 bits per heavy atom. The Kier molecular flexibility index (Phi) is 5.23. The second-order valence-electron chi connectivity index (χ2n) is 5.43. The smallest absolute Gasteiger partial charge is 0.396 e. The second-order valence-corrected chi connectivity index (χ2v) is 5.43. The van der Waals surface area contributed by atoms with Gasteiger partial charge in [-0.1, -0.05) is 0 Å². The molecule has 0 aromatic carbocycles. The summed E-state index contributed by atoms with van der Waals surface area (Å²) in [7, 11) is 0. The minimum atomic E-state index is -4.49. The zero-order valence-electron chi connectivity index (χ0n) is 11.9. The van der Waals surface area contributed by atoms with Crippen LogP contribution in [0.1, 0.15) is 31.4 Å². The number of carbonyl (C=O) groups is 1. The number of nitrogens with one attached hydrogen (secondary N) is 2. The summed E-state index contributed by atoms with van der Waals surface area (Å²) in [5.41, 5.74) is -0.796. The number of amides is 2. The molecule has 1 aliphatic carbocycles.